The summed E-state index contributed by atoms with van der Waals surface area (Å²) in [5.74, 6) is -1.11. The highest BCUT2D eigenvalue weighted by Crippen LogP contribution is 2.29. The normalized spacial score (nSPS) is 12.6. The Labute approximate surface area is 112 Å². The molecule has 0 aliphatic rings. The number of hydrogen-bond acceptors (Lipinski definition) is 2. The molecule has 0 aromatic heterocycles. The number of Topliss-reactive ketones (excluding diaryl/α,β-unsaturated/α-hetero) is 1. The number of carbonyl (C=O) groups is 2. The van der Waals surface area contributed by atoms with Crippen LogP contribution < -0.4 is 0 Å². The molecule has 17 heavy (non-hydrogen) atoms. The number of carbonyl (C=O) groups excluding carboxylic acids is 1. The van der Waals surface area contributed by atoms with Crippen LogP contribution in [0.5, 0.6) is 0 Å². The summed E-state index contributed by atoms with van der Waals surface area (Å²) in [5.41, 5.74) is 1.30. The summed E-state index contributed by atoms with van der Waals surface area (Å²) >= 11 is 9.09. The van der Waals surface area contributed by atoms with Gasteiger partial charge in [0.05, 0.1) is 4.83 Å². The van der Waals surface area contributed by atoms with E-state index in [0.29, 0.717) is 16.1 Å². The minimum atomic E-state index is -1.05. The lowest BCUT2D eigenvalue weighted by Gasteiger charge is -2.10. The standard InChI is InChI=1S/C12H10BrClO3/c1-7(15)12(13)10-4-3-9(14)6-8(10)2-5-11(16)17/h2-6,12H,1H3,(H,16,17). The summed E-state index contributed by atoms with van der Waals surface area (Å²) in [7, 11) is 0. The van der Waals surface area contributed by atoms with Crippen molar-refractivity contribution in [3.05, 3.63) is 40.4 Å². The maximum absolute atomic E-state index is 11.3. The van der Waals surface area contributed by atoms with Crippen LogP contribution in [0.2, 0.25) is 5.02 Å². The number of aliphatic carboxylic acids is 1. The second-order valence-corrected chi connectivity index (χ2v) is 4.77. The monoisotopic (exact) mass is 316 g/mol. The quantitative estimate of drug-likeness (QED) is 0.683. The third-order valence-corrected chi connectivity index (χ3v) is 3.46. The number of carboxylic acids is 1. The van der Waals surface area contributed by atoms with Gasteiger partial charge in [0.2, 0.25) is 0 Å². The predicted molar refractivity (Wildman–Crippen MR) is 70.5 cm³/mol. The molecule has 0 bridgehead atoms. The van der Waals surface area contributed by atoms with Gasteiger partial charge in [-0.3, -0.25) is 4.79 Å². The first kappa shape index (κ1) is 13.9. The molecule has 1 aromatic carbocycles. The zero-order valence-electron chi connectivity index (χ0n) is 8.98. The number of carboxylic acid groups (broad SMARTS) is 1. The molecule has 0 spiro atoms. The van der Waals surface area contributed by atoms with Crippen molar-refractivity contribution in [3.63, 3.8) is 0 Å². The minimum absolute atomic E-state index is 0.0581. The topological polar surface area (TPSA) is 54.4 Å². The van der Waals surface area contributed by atoms with Gasteiger partial charge in [-0.15, -0.1) is 0 Å². The second kappa shape index (κ2) is 5.98. The highest BCUT2D eigenvalue weighted by atomic mass is 79.9. The Morgan fingerprint density at radius 2 is 2.12 bits per heavy atom. The number of halogens is 2. The molecule has 5 heteroatoms. The van der Waals surface area contributed by atoms with E-state index in [4.69, 9.17) is 16.7 Å². The zero-order chi connectivity index (χ0) is 13.0. The van der Waals surface area contributed by atoms with Gasteiger partial charge in [0.15, 0.2) is 0 Å². The highest BCUT2D eigenvalue weighted by Gasteiger charge is 2.15. The lowest BCUT2D eigenvalue weighted by atomic mass is 10.0. The summed E-state index contributed by atoms with van der Waals surface area (Å²) in [6.45, 7) is 1.46. The number of benzene rings is 1. The predicted octanol–water partition coefficient (Wildman–Crippen LogP) is 3.46. The molecule has 0 heterocycles. The Morgan fingerprint density at radius 1 is 1.47 bits per heavy atom. The van der Waals surface area contributed by atoms with Gasteiger partial charge in [-0.25, -0.2) is 4.79 Å². The van der Waals surface area contributed by atoms with Gasteiger partial charge in [0, 0.05) is 11.1 Å². The number of rotatable bonds is 4. The molecule has 0 aliphatic carbocycles. The maximum Gasteiger partial charge on any atom is 0.328 e. The van der Waals surface area contributed by atoms with Crippen LogP contribution in [0.15, 0.2) is 24.3 Å². The van der Waals surface area contributed by atoms with Gasteiger partial charge >= 0.3 is 5.97 Å². The van der Waals surface area contributed by atoms with Crippen LogP contribution in [0.25, 0.3) is 6.08 Å². The third-order valence-electron chi connectivity index (χ3n) is 2.08. The van der Waals surface area contributed by atoms with Crippen molar-refractivity contribution < 1.29 is 14.7 Å². The lowest BCUT2D eigenvalue weighted by molar-refractivity contribution is -0.131. The maximum atomic E-state index is 11.3. The molecule has 3 nitrogen and oxygen atoms in total. The SMILES string of the molecule is CC(=O)C(Br)c1ccc(Cl)cc1C=CC(=O)O. The van der Waals surface area contributed by atoms with Gasteiger partial charge in [-0.2, -0.15) is 0 Å². The number of hydrogen-bond donors (Lipinski definition) is 1. The molecule has 1 rings (SSSR count). The molecule has 0 saturated carbocycles. The Balaban J connectivity index is 3.21. The van der Waals surface area contributed by atoms with E-state index >= 15 is 0 Å². The van der Waals surface area contributed by atoms with Crippen molar-refractivity contribution in [2.45, 2.75) is 11.8 Å². The van der Waals surface area contributed by atoms with E-state index in [0.717, 1.165) is 6.08 Å². The van der Waals surface area contributed by atoms with Crippen molar-refractivity contribution in [2.75, 3.05) is 0 Å². The van der Waals surface area contributed by atoms with Crippen molar-refractivity contribution in [1.29, 1.82) is 0 Å². The molecule has 0 amide bonds. The molecule has 0 radical (unpaired) electrons. The molecular formula is C12H10BrClO3. The van der Waals surface area contributed by atoms with Crippen LogP contribution in [0.3, 0.4) is 0 Å². The van der Waals surface area contributed by atoms with Gasteiger partial charge in [0.1, 0.15) is 5.78 Å². The average molecular weight is 318 g/mol. The fraction of sp³-hybridized carbons (Fsp3) is 0.167. The smallest absolute Gasteiger partial charge is 0.328 e. The van der Waals surface area contributed by atoms with Gasteiger partial charge in [-0.1, -0.05) is 33.6 Å². The van der Waals surface area contributed by atoms with E-state index in [1.54, 1.807) is 18.2 Å². The van der Waals surface area contributed by atoms with Crippen LogP contribution in [-0.2, 0) is 9.59 Å². The summed E-state index contributed by atoms with van der Waals surface area (Å²) < 4.78 is 0. The average Bonchev–Trinajstić information content (AvgIpc) is 2.25. The van der Waals surface area contributed by atoms with Crippen molar-refractivity contribution >= 4 is 45.4 Å². The third kappa shape index (κ3) is 3.98. The molecule has 1 N–H and O–H groups in total. The molecule has 1 atom stereocenters. The summed E-state index contributed by atoms with van der Waals surface area (Å²) in [6, 6.07) is 4.98. The van der Waals surface area contributed by atoms with Crippen molar-refractivity contribution in [2.24, 2.45) is 0 Å². The molecular weight excluding hydrogens is 307 g/mol. The minimum Gasteiger partial charge on any atom is -0.478 e. The van der Waals surface area contributed by atoms with E-state index in [9.17, 15) is 9.59 Å². The van der Waals surface area contributed by atoms with Crippen LogP contribution in [0, 0.1) is 0 Å². The molecule has 0 saturated heterocycles. The number of alkyl halides is 1. The first-order chi connectivity index (χ1) is 7.91. The fourth-order valence-corrected chi connectivity index (χ4v) is 1.90. The Bertz CT molecular complexity index is 483. The summed E-state index contributed by atoms with van der Waals surface area (Å²) in [4.78, 5) is 21.3. The zero-order valence-corrected chi connectivity index (χ0v) is 11.3. The fourth-order valence-electron chi connectivity index (χ4n) is 1.30. The van der Waals surface area contributed by atoms with Crippen LogP contribution in [0.4, 0.5) is 0 Å². The van der Waals surface area contributed by atoms with E-state index in [1.807, 2.05) is 0 Å². The lowest BCUT2D eigenvalue weighted by Crippen LogP contribution is -2.03. The first-order valence-electron chi connectivity index (χ1n) is 4.77. The van der Waals surface area contributed by atoms with Crippen molar-refractivity contribution in [1.82, 2.24) is 0 Å². The molecule has 1 aromatic rings. The summed E-state index contributed by atoms with van der Waals surface area (Å²) in [6.07, 6.45) is 2.43. The van der Waals surface area contributed by atoms with Crippen LogP contribution >= 0.6 is 27.5 Å². The molecule has 0 aliphatic heterocycles. The van der Waals surface area contributed by atoms with Gasteiger partial charge in [-0.05, 0) is 36.3 Å². The largest absolute Gasteiger partial charge is 0.478 e. The van der Waals surface area contributed by atoms with Crippen LogP contribution in [-0.4, -0.2) is 16.9 Å². The van der Waals surface area contributed by atoms with E-state index in [1.165, 1.54) is 13.0 Å². The first-order valence-corrected chi connectivity index (χ1v) is 6.06. The van der Waals surface area contributed by atoms with Gasteiger partial charge in [0.25, 0.3) is 0 Å². The van der Waals surface area contributed by atoms with E-state index in [2.05, 4.69) is 15.9 Å². The van der Waals surface area contributed by atoms with Gasteiger partial charge < -0.3 is 5.11 Å². The number of ketones is 1. The van der Waals surface area contributed by atoms with Crippen molar-refractivity contribution in [3.8, 4) is 0 Å². The Hall–Kier alpha value is -1.13. The highest BCUT2D eigenvalue weighted by molar-refractivity contribution is 9.09. The second-order valence-electron chi connectivity index (χ2n) is 3.42. The molecule has 1 unspecified atom stereocenters. The van der Waals surface area contributed by atoms with E-state index < -0.39 is 10.8 Å². The molecule has 90 valence electrons. The molecule has 0 fully saturated rings. The summed E-state index contributed by atoms with van der Waals surface area (Å²) in [5, 5.41) is 9.07. The van der Waals surface area contributed by atoms with E-state index in [-0.39, 0.29) is 5.78 Å². The Kier molecular flexibility index (Phi) is 4.90. The van der Waals surface area contributed by atoms with Crippen LogP contribution in [0.1, 0.15) is 22.9 Å². The Morgan fingerprint density at radius 3 is 2.65 bits per heavy atom.